The topological polar surface area (TPSA) is 57.2 Å². The van der Waals surface area contributed by atoms with Crippen molar-refractivity contribution in [3.8, 4) is 11.1 Å². The van der Waals surface area contributed by atoms with Crippen molar-refractivity contribution < 1.29 is 4.43 Å². The normalized spacial score (nSPS) is 20.8. The second kappa shape index (κ2) is 8.02. The van der Waals surface area contributed by atoms with E-state index >= 15 is 0 Å². The van der Waals surface area contributed by atoms with Gasteiger partial charge in [-0.05, 0) is 79.4 Å². The molecule has 0 spiro atoms. The molecule has 0 bridgehead atoms. The third-order valence-corrected chi connectivity index (χ3v) is 12.1. The SMILES string of the molecule is Cc1nn2c(I)cnc2cc1-c1cnn([C@H]2CC[C@H](O[Si](C)(C)C(C)(C)C)CC2)c1. The van der Waals surface area contributed by atoms with Crippen LogP contribution in [0.5, 0.6) is 0 Å². The van der Waals surface area contributed by atoms with Crippen molar-refractivity contribution in [1.29, 1.82) is 0 Å². The predicted octanol–water partition coefficient (Wildman–Crippen LogP) is 6.01. The van der Waals surface area contributed by atoms with Gasteiger partial charge >= 0.3 is 0 Å². The van der Waals surface area contributed by atoms with Crippen LogP contribution in [-0.4, -0.2) is 38.8 Å². The number of rotatable bonds is 4. The average molecular weight is 538 g/mol. The Hall–Kier alpha value is -1.26. The van der Waals surface area contributed by atoms with Crippen LogP contribution in [0.15, 0.2) is 24.7 Å². The minimum atomic E-state index is -1.70. The van der Waals surface area contributed by atoms with E-state index in [9.17, 15) is 0 Å². The number of aryl methyl sites for hydroxylation is 1. The molecular formula is C22H32IN5OSi. The largest absolute Gasteiger partial charge is 0.414 e. The molecule has 1 fully saturated rings. The van der Waals surface area contributed by atoms with Crippen molar-refractivity contribution in [3.63, 3.8) is 0 Å². The van der Waals surface area contributed by atoms with E-state index in [2.05, 4.69) is 78.4 Å². The minimum Gasteiger partial charge on any atom is -0.414 e. The summed E-state index contributed by atoms with van der Waals surface area (Å²) in [6.45, 7) is 13.7. The smallest absolute Gasteiger partial charge is 0.192 e. The molecule has 162 valence electrons. The zero-order chi connectivity index (χ0) is 21.7. The molecule has 4 rings (SSSR count). The molecule has 8 heteroatoms. The molecule has 0 N–H and O–H groups in total. The molecule has 3 aromatic rings. The zero-order valence-electron chi connectivity index (χ0n) is 18.8. The van der Waals surface area contributed by atoms with Gasteiger partial charge in [-0.2, -0.15) is 10.2 Å². The number of imidazole rings is 1. The summed E-state index contributed by atoms with van der Waals surface area (Å²) < 4.78 is 11.7. The van der Waals surface area contributed by atoms with Gasteiger partial charge < -0.3 is 4.43 Å². The summed E-state index contributed by atoms with van der Waals surface area (Å²) in [6, 6.07) is 2.55. The molecular weight excluding hydrogens is 505 g/mol. The molecule has 1 aliphatic rings. The third kappa shape index (κ3) is 4.23. The monoisotopic (exact) mass is 537 g/mol. The first kappa shape index (κ1) is 21.9. The van der Waals surface area contributed by atoms with E-state index in [0.29, 0.717) is 12.1 Å². The Morgan fingerprint density at radius 1 is 1.13 bits per heavy atom. The summed E-state index contributed by atoms with van der Waals surface area (Å²) in [4.78, 5) is 4.45. The lowest BCUT2D eigenvalue weighted by Crippen LogP contribution is -2.44. The van der Waals surface area contributed by atoms with Crippen molar-refractivity contribution in [2.24, 2.45) is 0 Å². The highest BCUT2D eigenvalue weighted by Gasteiger charge is 2.40. The van der Waals surface area contributed by atoms with Gasteiger partial charge in [0.2, 0.25) is 0 Å². The third-order valence-electron chi connectivity index (χ3n) is 6.83. The number of hydrogen-bond acceptors (Lipinski definition) is 4. The fourth-order valence-corrected chi connectivity index (χ4v) is 5.88. The highest BCUT2D eigenvalue weighted by atomic mass is 127. The van der Waals surface area contributed by atoms with Gasteiger partial charge in [0, 0.05) is 23.4 Å². The fraction of sp³-hybridized carbons (Fsp3) is 0.591. The molecule has 6 nitrogen and oxygen atoms in total. The van der Waals surface area contributed by atoms with Crippen LogP contribution in [0.25, 0.3) is 16.8 Å². The Bertz CT molecular complexity index is 1040. The number of fused-ring (bicyclic) bond motifs is 1. The van der Waals surface area contributed by atoms with Crippen LogP contribution < -0.4 is 0 Å². The molecule has 3 aromatic heterocycles. The standard InChI is InChI=1S/C22H32IN5OSi/c1-15-19(11-21-24-13-20(23)28(21)26-15)16-12-25-27(14-16)17-7-9-18(10-8-17)29-30(5,6)22(2,3)4/h11-14,17-18H,7-10H2,1-6H3/t17-,18-. The lowest BCUT2D eigenvalue weighted by atomic mass is 9.93. The van der Waals surface area contributed by atoms with E-state index in [0.717, 1.165) is 51.9 Å². The Kier molecular flexibility index (Phi) is 5.86. The predicted molar refractivity (Wildman–Crippen MR) is 131 cm³/mol. The highest BCUT2D eigenvalue weighted by Crippen LogP contribution is 2.40. The fourth-order valence-electron chi connectivity index (χ4n) is 3.96. The van der Waals surface area contributed by atoms with Crippen LogP contribution in [0.3, 0.4) is 0 Å². The first-order valence-corrected chi connectivity index (χ1v) is 14.8. The van der Waals surface area contributed by atoms with Crippen LogP contribution in [-0.2, 0) is 4.43 Å². The summed E-state index contributed by atoms with van der Waals surface area (Å²) in [6.07, 6.45) is 10.9. The van der Waals surface area contributed by atoms with Crippen molar-refractivity contribution >= 4 is 36.6 Å². The van der Waals surface area contributed by atoms with E-state index < -0.39 is 8.32 Å². The molecule has 3 heterocycles. The van der Waals surface area contributed by atoms with Crippen molar-refractivity contribution in [1.82, 2.24) is 24.4 Å². The van der Waals surface area contributed by atoms with Crippen molar-refractivity contribution in [2.45, 2.75) is 83.7 Å². The second-order valence-corrected chi connectivity index (χ2v) is 15.9. The molecule has 0 saturated heterocycles. The second-order valence-electron chi connectivity index (χ2n) is 10.0. The molecule has 1 saturated carbocycles. The van der Waals surface area contributed by atoms with E-state index in [1.54, 1.807) is 0 Å². The summed E-state index contributed by atoms with van der Waals surface area (Å²) in [7, 11) is -1.70. The van der Waals surface area contributed by atoms with Gasteiger partial charge in [-0.3, -0.25) is 4.68 Å². The molecule has 0 atom stereocenters. The van der Waals surface area contributed by atoms with Gasteiger partial charge in [0.15, 0.2) is 14.0 Å². The maximum atomic E-state index is 6.65. The molecule has 0 amide bonds. The van der Waals surface area contributed by atoms with Crippen LogP contribution in [0.1, 0.15) is 58.2 Å². The van der Waals surface area contributed by atoms with E-state index in [4.69, 9.17) is 14.6 Å². The van der Waals surface area contributed by atoms with Gasteiger partial charge in [-0.15, -0.1) is 0 Å². The number of aromatic nitrogens is 5. The quantitative estimate of drug-likeness (QED) is 0.302. The first-order chi connectivity index (χ1) is 14.0. The molecule has 0 radical (unpaired) electrons. The minimum absolute atomic E-state index is 0.265. The summed E-state index contributed by atoms with van der Waals surface area (Å²) in [5, 5.41) is 9.67. The van der Waals surface area contributed by atoms with Gasteiger partial charge in [0.1, 0.15) is 3.70 Å². The molecule has 1 aliphatic carbocycles. The molecule has 0 unspecified atom stereocenters. The zero-order valence-corrected chi connectivity index (χ0v) is 22.0. The maximum Gasteiger partial charge on any atom is 0.192 e. The van der Waals surface area contributed by atoms with Gasteiger partial charge in [0.25, 0.3) is 0 Å². The highest BCUT2D eigenvalue weighted by molar-refractivity contribution is 14.1. The molecule has 0 aromatic carbocycles. The van der Waals surface area contributed by atoms with Crippen LogP contribution in [0.2, 0.25) is 18.1 Å². The first-order valence-electron chi connectivity index (χ1n) is 10.8. The molecule has 0 aliphatic heterocycles. The summed E-state index contributed by atoms with van der Waals surface area (Å²) in [5.74, 6) is 0. The van der Waals surface area contributed by atoms with Crippen LogP contribution in [0, 0.1) is 10.6 Å². The van der Waals surface area contributed by atoms with Gasteiger partial charge in [-0.1, -0.05) is 20.8 Å². The number of hydrogen-bond donors (Lipinski definition) is 0. The Morgan fingerprint density at radius 3 is 2.50 bits per heavy atom. The lowest BCUT2D eigenvalue weighted by molar-refractivity contribution is 0.115. The van der Waals surface area contributed by atoms with Gasteiger partial charge in [-0.25, -0.2) is 9.50 Å². The Labute approximate surface area is 193 Å². The number of halogens is 1. The Morgan fingerprint density at radius 2 is 1.83 bits per heavy atom. The van der Waals surface area contributed by atoms with Crippen molar-refractivity contribution in [2.75, 3.05) is 0 Å². The van der Waals surface area contributed by atoms with E-state index in [1.165, 1.54) is 0 Å². The maximum absolute atomic E-state index is 6.65. The van der Waals surface area contributed by atoms with Crippen LogP contribution in [0.4, 0.5) is 0 Å². The lowest BCUT2D eigenvalue weighted by Gasteiger charge is -2.41. The van der Waals surface area contributed by atoms with E-state index in [1.807, 2.05) is 23.8 Å². The van der Waals surface area contributed by atoms with E-state index in [-0.39, 0.29) is 5.04 Å². The van der Waals surface area contributed by atoms with Gasteiger partial charge in [0.05, 0.1) is 24.1 Å². The molecule has 30 heavy (non-hydrogen) atoms. The van der Waals surface area contributed by atoms with Crippen molar-refractivity contribution in [3.05, 3.63) is 34.1 Å². The Balaban J connectivity index is 1.45. The average Bonchev–Trinajstić information content (AvgIpc) is 3.28. The summed E-state index contributed by atoms with van der Waals surface area (Å²) in [5.41, 5.74) is 4.08. The summed E-state index contributed by atoms with van der Waals surface area (Å²) >= 11 is 2.26. The number of nitrogens with zero attached hydrogens (tertiary/aromatic N) is 5. The van der Waals surface area contributed by atoms with Crippen LogP contribution >= 0.6 is 22.6 Å².